The minimum absolute atomic E-state index is 0.0456. The van der Waals surface area contributed by atoms with Crippen molar-refractivity contribution in [2.24, 2.45) is 0 Å². The van der Waals surface area contributed by atoms with Gasteiger partial charge in [0.2, 0.25) is 0 Å². The van der Waals surface area contributed by atoms with Crippen molar-refractivity contribution in [2.75, 3.05) is 25.2 Å². The van der Waals surface area contributed by atoms with E-state index in [2.05, 4.69) is 22.6 Å². The van der Waals surface area contributed by atoms with Crippen LogP contribution in [0.25, 0.3) is 10.2 Å². The van der Waals surface area contributed by atoms with Crippen LogP contribution in [0.1, 0.15) is 23.2 Å². The number of fused-ring (bicyclic) bond motifs is 1. The number of aromatic nitrogens is 1. The SMILES string of the molecule is COc1cccc2sc(N(CC3CCCO3)C(=O)c3ccccc3I)nc12. The smallest absolute Gasteiger partial charge is 0.261 e. The summed E-state index contributed by atoms with van der Waals surface area (Å²) >= 11 is 3.71. The predicted octanol–water partition coefficient (Wildman–Crippen LogP) is 4.74. The molecule has 1 unspecified atom stereocenters. The lowest BCUT2D eigenvalue weighted by molar-refractivity contribution is 0.0916. The van der Waals surface area contributed by atoms with Crippen LogP contribution < -0.4 is 9.64 Å². The number of nitrogens with zero attached hydrogens (tertiary/aromatic N) is 2. The molecular formula is C20H19IN2O3S. The van der Waals surface area contributed by atoms with E-state index in [0.29, 0.717) is 23.0 Å². The number of rotatable bonds is 5. The van der Waals surface area contributed by atoms with Gasteiger partial charge in [0.1, 0.15) is 11.3 Å². The van der Waals surface area contributed by atoms with Crippen LogP contribution in [0.5, 0.6) is 5.75 Å². The highest BCUT2D eigenvalue weighted by molar-refractivity contribution is 14.1. The van der Waals surface area contributed by atoms with Crippen LogP contribution in [0.2, 0.25) is 0 Å². The van der Waals surface area contributed by atoms with E-state index < -0.39 is 0 Å². The van der Waals surface area contributed by atoms with Gasteiger partial charge in [-0.15, -0.1) is 0 Å². The molecule has 0 radical (unpaired) electrons. The Morgan fingerprint density at radius 2 is 2.19 bits per heavy atom. The summed E-state index contributed by atoms with van der Waals surface area (Å²) in [5.74, 6) is 0.669. The average Bonchev–Trinajstić information content (AvgIpc) is 3.35. The fourth-order valence-corrected chi connectivity index (χ4v) is 4.82. The largest absolute Gasteiger partial charge is 0.494 e. The minimum atomic E-state index is -0.0477. The second-order valence-electron chi connectivity index (χ2n) is 6.33. The molecule has 0 bridgehead atoms. The lowest BCUT2D eigenvalue weighted by Gasteiger charge is -2.23. The Balaban J connectivity index is 1.75. The van der Waals surface area contributed by atoms with E-state index in [0.717, 1.165) is 33.2 Å². The molecule has 2 aromatic carbocycles. The molecule has 0 N–H and O–H groups in total. The fraction of sp³-hybridized carbons (Fsp3) is 0.300. The van der Waals surface area contributed by atoms with Crippen LogP contribution in [0, 0.1) is 3.57 Å². The van der Waals surface area contributed by atoms with Crippen molar-refractivity contribution in [3.8, 4) is 5.75 Å². The topological polar surface area (TPSA) is 51.7 Å². The van der Waals surface area contributed by atoms with Crippen molar-refractivity contribution in [3.05, 3.63) is 51.6 Å². The van der Waals surface area contributed by atoms with Crippen LogP contribution in [0.4, 0.5) is 5.13 Å². The van der Waals surface area contributed by atoms with Crippen LogP contribution in [0.15, 0.2) is 42.5 Å². The number of methoxy groups -OCH3 is 1. The number of benzene rings is 2. The van der Waals surface area contributed by atoms with E-state index in [1.807, 2.05) is 42.5 Å². The number of carbonyl (C=O) groups excluding carboxylic acids is 1. The molecular weight excluding hydrogens is 475 g/mol. The Labute approximate surface area is 175 Å². The molecule has 1 fully saturated rings. The third-order valence-electron chi connectivity index (χ3n) is 4.58. The number of hydrogen-bond acceptors (Lipinski definition) is 5. The molecule has 1 saturated heterocycles. The van der Waals surface area contributed by atoms with Gasteiger partial charge in [-0.05, 0) is 59.7 Å². The standard InChI is InChI=1S/C20H19IN2O3S/c1-25-16-9-4-10-17-18(16)22-20(27-17)23(12-13-6-5-11-26-13)19(24)14-7-2-3-8-15(14)21/h2-4,7-10,13H,5-6,11-12H2,1H3. The van der Waals surface area contributed by atoms with Gasteiger partial charge in [0, 0.05) is 10.2 Å². The highest BCUT2D eigenvalue weighted by Crippen LogP contribution is 2.35. The molecule has 1 aliphatic rings. The Bertz CT molecular complexity index is 969. The highest BCUT2D eigenvalue weighted by atomic mass is 127. The molecule has 0 aliphatic carbocycles. The maximum Gasteiger partial charge on any atom is 0.261 e. The first kappa shape index (κ1) is 18.6. The average molecular weight is 494 g/mol. The van der Waals surface area contributed by atoms with Gasteiger partial charge < -0.3 is 9.47 Å². The number of ether oxygens (including phenoxy) is 2. The number of thiazole rings is 1. The van der Waals surface area contributed by atoms with Crippen LogP contribution >= 0.6 is 33.9 Å². The summed E-state index contributed by atoms with van der Waals surface area (Å²) in [6.45, 7) is 1.26. The zero-order chi connectivity index (χ0) is 18.8. The molecule has 0 saturated carbocycles. The predicted molar refractivity (Wildman–Crippen MR) is 116 cm³/mol. The number of amides is 1. The van der Waals surface area contributed by atoms with Crippen molar-refractivity contribution in [3.63, 3.8) is 0 Å². The number of para-hydroxylation sites is 1. The molecule has 1 aliphatic heterocycles. The zero-order valence-corrected chi connectivity index (χ0v) is 17.8. The molecule has 1 atom stereocenters. The van der Waals surface area contributed by atoms with E-state index >= 15 is 0 Å². The molecule has 2 heterocycles. The normalized spacial score (nSPS) is 16.6. The van der Waals surface area contributed by atoms with Crippen molar-refractivity contribution in [2.45, 2.75) is 18.9 Å². The summed E-state index contributed by atoms with van der Waals surface area (Å²) < 4.78 is 13.2. The maximum absolute atomic E-state index is 13.4. The maximum atomic E-state index is 13.4. The summed E-state index contributed by atoms with van der Waals surface area (Å²) in [6.07, 6.45) is 2.04. The Morgan fingerprint density at radius 3 is 2.93 bits per heavy atom. The van der Waals surface area contributed by atoms with Gasteiger partial charge in [-0.3, -0.25) is 9.69 Å². The van der Waals surface area contributed by atoms with Crippen molar-refractivity contribution in [1.29, 1.82) is 0 Å². The lowest BCUT2D eigenvalue weighted by Crippen LogP contribution is -2.37. The first-order chi connectivity index (χ1) is 13.2. The number of carbonyl (C=O) groups is 1. The molecule has 0 spiro atoms. The van der Waals surface area contributed by atoms with Gasteiger partial charge in [-0.2, -0.15) is 0 Å². The number of halogens is 1. The molecule has 1 amide bonds. The molecule has 27 heavy (non-hydrogen) atoms. The van der Waals surface area contributed by atoms with Gasteiger partial charge in [-0.1, -0.05) is 29.5 Å². The molecule has 4 rings (SSSR count). The summed E-state index contributed by atoms with van der Waals surface area (Å²) in [4.78, 5) is 19.9. The van der Waals surface area contributed by atoms with Crippen LogP contribution in [-0.2, 0) is 4.74 Å². The van der Waals surface area contributed by atoms with E-state index in [9.17, 15) is 4.79 Å². The van der Waals surface area contributed by atoms with E-state index in [1.54, 1.807) is 12.0 Å². The molecule has 5 nitrogen and oxygen atoms in total. The number of anilines is 1. The molecule has 7 heteroatoms. The van der Waals surface area contributed by atoms with Gasteiger partial charge in [-0.25, -0.2) is 4.98 Å². The second kappa shape index (κ2) is 8.12. The molecule has 1 aromatic heterocycles. The Kier molecular flexibility index (Phi) is 5.60. The third kappa shape index (κ3) is 3.81. The first-order valence-corrected chi connectivity index (χ1v) is 10.7. The van der Waals surface area contributed by atoms with E-state index in [1.165, 1.54) is 11.3 Å². The van der Waals surface area contributed by atoms with Gasteiger partial charge >= 0.3 is 0 Å². The lowest BCUT2D eigenvalue weighted by atomic mass is 10.2. The minimum Gasteiger partial charge on any atom is -0.494 e. The van der Waals surface area contributed by atoms with Crippen LogP contribution in [0.3, 0.4) is 0 Å². The van der Waals surface area contributed by atoms with Gasteiger partial charge in [0.05, 0.1) is 30.0 Å². The summed E-state index contributed by atoms with van der Waals surface area (Å²) in [7, 11) is 1.63. The second-order valence-corrected chi connectivity index (χ2v) is 8.51. The van der Waals surface area contributed by atoms with Crippen molar-refractivity contribution in [1.82, 2.24) is 4.98 Å². The van der Waals surface area contributed by atoms with Gasteiger partial charge in [0.15, 0.2) is 5.13 Å². The molecule has 140 valence electrons. The zero-order valence-electron chi connectivity index (χ0n) is 14.9. The number of hydrogen-bond donors (Lipinski definition) is 0. The fourth-order valence-electron chi connectivity index (χ4n) is 3.21. The first-order valence-electron chi connectivity index (χ1n) is 8.79. The summed E-state index contributed by atoms with van der Waals surface area (Å²) in [5.41, 5.74) is 1.47. The van der Waals surface area contributed by atoms with E-state index in [-0.39, 0.29) is 12.0 Å². The third-order valence-corrected chi connectivity index (χ3v) is 6.57. The highest BCUT2D eigenvalue weighted by Gasteiger charge is 2.28. The van der Waals surface area contributed by atoms with Crippen molar-refractivity contribution < 1.29 is 14.3 Å². The monoisotopic (exact) mass is 494 g/mol. The molecule has 3 aromatic rings. The Morgan fingerprint density at radius 1 is 1.33 bits per heavy atom. The van der Waals surface area contributed by atoms with E-state index in [4.69, 9.17) is 14.5 Å². The van der Waals surface area contributed by atoms with Crippen molar-refractivity contribution >= 4 is 55.2 Å². The summed E-state index contributed by atoms with van der Waals surface area (Å²) in [5, 5.41) is 0.676. The van der Waals surface area contributed by atoms with Crippen LogP contribution in [-0.4, -0.2) is 37.3 Å². The quantitative estimate of drug-likeness (QED) is 0.482. The van der Waals surface area contributed by atoms with Gasteiger partial charge in [0.25, 0.3) is 5.91 Å². The summed E-state index contributed by atoms with van der Waals surface area (Å²) in [6, 6.07) is 13.5. The Hall–Kier alpha value is -1.71.